The molecule has 2 heterocycles. The number of thiophene rings is 1. The molecule has 0 aliphatic rings. The van der Waals surface area contributed by atoms with Gasteiger partial charge in [-0.25, -0.2) is 4.39 Å². The fraction of sp³-hybridized carbons (Fsp3) is 0.0667. The molecule has 0 saturated carbocycles. The molecule has 0 aliphatic heterocycles. The molecule has 1 aromatic carbocycles. The molecule has 0 radical (unpaired) electrons. The highest BCUT2D eigenvalue weighted by Crippen LogP contribution is 2.35. The maximum absolute atomic E-state index is 13.3. The lowest BCUT2D eigenvalue weighted by Gasteiger charge is -2.16. The summed E-state index contributed by atoms with van der Waals surface area (Å²) in [5.74, 6) is -0.603. The van der Waals surface area contributed by atoms with Gasteiger partial charge in [0.05, 0.1) is 17.6 Å². The third-order valence-corrected chi connectivity index (χ3v) is 4.40. The van der Waals surface area contributed by atoms with E-state index in [2.05, 4.69) is 4.98 Å². The summed E-state index contributed by atoms with van der Waals surface area (Å²) in [5.41, 5.74) is 6.99. The number of carbonyl (C=O) groups is 1. The summed E-state index contributed by atoms with van der Waals surface area (Å²) in [7, 11) is 1.66. The number of halogens is 1. The van der Waals surface area contributed by atoms with Gasteiger partial charge in [0.1, 0.15) is 10.7 Å². The van der Waals surface area contributed by atoms with Crippen LogP contribution in [0.3, 0.4) is 0 Å². The van der Waals surface area contributed by atoms with Crippen LogP contribution in [0.4, 0.5) is 15.8 Å². The van der Waals surface area contributed by atoms with Crippen LogP contribution in [0.5, 0.6) is 0 Å². The molecular formula is C15H12FN3OS. The van der Waals surface area contributed by atoms with E-state index in [-0.39, 0.29) is 11.7 Å². The maximum Gasteiger partial charge on any atom is 0.270 e. The van der Waals surface area contributed by atoms with Gasteiger partial charge >= 0.3 is 0 Å². The fourth-order valence-corrected chi connectivity index (χ4v) is 3.15. The predicted octanol–water partition coefficient (Wildman–Crippen LogP) is 3.29. The number of nitrogens with zero attached hydrogens (tertiary/aromatic N) is 2. The minimum absolute atomic E-state index is 0.234. The molecule has 3 aromatic rings. The van der Waals surface area contributed by atoms with E-state index in [0.717, 1.165) is 4.70 Å². The van der Waals surface area contributed by atoms with E-state index in [1.807, 2.05) is 0 Å². The van der Waals surface area contributed by atoms with Crippen molar-refractivity contribution in [1.82, 2.24) is 4.98 Å². The standard InChI is InChI=1S/C15H12FN3OS/c1-19(10-3-2-6-18-8-10)15(20)14-13(17)11-7-9(16)4-5-12(11)21-14/h2-8H,17H2,1H3. The molecule has 0 saturated heterocycles. The molecule has 0 aliphatic carbocycles. The normalized spacial score (nSPS) is 10.8. The van der Waals surface area contributed by atoms with Crippen LogP contribution in [0, 0.1) is 5.82 Å². The molecule has 0 bridgehead atoms. The first kappa shape index (κ1) is 13.5. The largest absolute Gasteiger partial charge is 0.397 e. The van der Waals surface area contributed by atoms with Crippen LogP contribution >= 0.6 is 11.3 Å². The molecule has 0 fully saturated rings. The molecule has 2 N–H and O–H groups in total. The Morgan fingerprint density at radius 3 is 2.90 bits per heavy atom. The summed E-state index contributed by atoms with van der Waals surface area (Å²) in [6, 6.07) is 7.88. The lowest BCUT2D eigenvalue weighted by Crippen LogP contribution is -2.26. The second-order valence-corrected chi connectivity index (χ2v) is 5.61. The number of nitrogens with two attached hydrogens (primary N) is 1. The highest BCUT2D eigenvalue weighted by atomic mass is 32.1. The number of fused-ring (bicyclic) bond motifs is 1. The molecule has 0 spiro atoms. The molecule has 2 aromatic heterocycles. The summed E-state index contributed by atoms with van der Waals surface area (Å²) in [4.78, 5) is 18.4. The van der Waals surface area contributed by atoms with Gasteiger partial charge in [-0.1, -0.05) is 0 Å². The van der Waals surface area contributed by atoms with Crippen LogP contribution in [0.1, 0.15) is 9.67 Å². The Hall–Kier alpha value is -2.47. The number of benzene rings is 1. The Morgan fingerprint density at radius 1 is 1.38 bits per heavy atom. The van der Waals surface area contributed by atoms with Gasteiger partial charge in [0, 0.05) is 23.3 Å². The summed E-state index contributed by atoms with van der Waals surface area (Å²) in [5, 5.41) is 0.572. The topological polar surface area (TPSA) is 59.2 Å². The quantitative estimate of drug-likeness (QED) is 0.790. The highest BCUT2D eigenvalue weighted by molar-refractivity contribution is 7.21. The van der Waals surface area contributed by atoms with Gasteiger partial charge < -0.3 is 10.6 Å². The van der Waals surface area contributed by atoms with Crippen LogP contribution in [-0.2, 0) is 0 Å². The number of nitrogen functional groups attached to an aromatic ring is 1. The minimum atomic E-state index is -0.369. The van der Waals surface area contributed by atoms with Crippen LogP contribution in [0.25, 0.3) is 10.1 Å². The summed E-state index contributed by atoms with van der Waals surface area (Å²) < 4.78 is 14.1. The van der Waals surface area contributed by atoms with E-state index in [4.69, 9.17) is 5.73 Å². The average molecular weight is 301 g/mol. The second-order valence-electron chi connectivity index (χ2n) is 4.56. The second kappa shape index (κ2) is 5.14. The molecule has 6 heteroatoms. The molecule has 3 rings (SSSR count). The number of rotatable bonds is 2. The zero-order chi connectivity index (χ0) is 15.0. The smallest absolute Gasteiger partial charge is 0.270 e. The first-order chi connectivity index (χ1) is 10.1. The Balaban J connectivity index is 2.04. The fourth-order valence-electron chi connectivity index (χ4n) is 2.07. The van der Waals surface area contributed by atoms with Crippen LogP contribution in [-0.4, -0.2) is 17.9 Å². The highest BCUT2D eigenvalue weighted by Gasteiger charge is 2.21. The monoisotopic (exact) mass is 301 g/mol. The van der Waals surface area contributed by atoms with Crippen molar-refractivity contribution in [3.63, 3.8) is 0 Å². The number of hydrogen-bond acceptors (Lipinski definition) is 4. The van der Waals surface area contributed by atoms with Gasteiger partial charge in [0.2, 0.25) is 0 Å². The Labute approximate surface area is 124 Å². The van der Waals surface area contributed by atoms with Crippen molar-refractivity contribution < 1.29 is 9.18 Å². The van der Waals surface area contributed by atoms with Crippen LogP contribution in [0.2, 0.25) is 0 Å². The van der Waals surface area contributed by atoms with Gasteiger partial charge in [-0.15, -0.1) is 11.3 Å². The van der Waals surface area contributed by atoms with Gasteiger partial charge in [0.25, 0.3) is 5.91 Å². The van der Waals surface area contributed by atoms with Crippen molar-refractivity contribution in [1.29, 1.82) is 0 Å². The van der Waals surface area contributed by atoms with Crippen molar-refractivity contribution in [2.75, 3.05) is 17.7 Å². The molecular weight excluding hydrogens is 289 g/mol. The van der Waals surface area contributed by atoms with E-state index in [9.17, 15) is 9.18 Å². The molecule has 0 unspecified atom stereocenters. The van der Waals surface area contributed by atoms with Crippen molar-refractivity contribution >= 4 is 38.7 Å². The van der Waals surface area contributed by atoms with Gasteiger partial charge in [-0.05, 0) is 30.3 Å². The average Bonchev–Trinajstić information content (AvgIpc) is 2.83. The van der Waals surface area contributed by atoms with Crippen molar-refractivity contribution in [2.45, 2.75) is 0 Å². The number of hydrogen-bond donors (Lipinski definition) is 1. The summed E-state index contributed by atoms with van der Waals surface area (Å²) in [6.07, 6.45) is 3.24. The van der Waals surface area contributed by atoms with Gasteiger partial charge in [0.15, 0.2) is 0 Å². The van der Waals surface area contributed by atoms with Gasteiger partial charge in [-0.3, -0.25) is 9.78 Å². The lowest BCUT2D eigenvalue weighted by molar-refractivity contribution is 0.0997. The lowest BCUT2D eigenvalue weighted by atomic mass is 10.2. The minimum Gasteiger partial charge on any atom is -0.397 e. The summed E-state index contributed by atoms with van der Waals surface area (Å²) in [6.45, 7) is 0. The number of amides is 1. The number of carbonyl (C=O) groups excluding carboxylic acids is 1. The third kappa shape index (κ3) is 2.34. The summed E-state index contributed by atoms with van der Waals surface area (Å²) >= 11 is 1.26. The first-order valence-corrected chi connectivity index (χ1v) is 7.05. The third-order valence-electron chi connectivity index (χ3n) is 3.22. The molecule has 4 nitrogen and oxygen atoms in total. The number of pyridine rings is 1. The SMILES string of the molecule is CN(C(=O)c1sc2ccc(F)cc2c1N)c1cccnc1. The van der Waals surface area contributed by atoms with E-state index < -0.39 is 0 Å². The van der Waals surface area contributed by atoms with Crippen molar-refractivity contribution in [2.24, 2.45) is 0 Å². The molecule has 0 atom stereocenters. The van der Waals surface area contributed by atoms with E-state index in [0.29, 0.717) is 21.6 Å². The molecule has 106 valence electrons. The molecule has 1 amide bonds. The Bertz CT molecular complexity index is 816. The number of anilines is 2. The van der Waals surface area contributed by atoms with Crippen LogP contribution < -0.4 is 10.6 Å². The Kier molecular flexibility index (Phi) is 3.31. The zero-order valence-corrected chi connectivity index (χ0v) is 12.0. The molecule has 21 heavy (non-hydrogen) atoms. The van der Waals surface area contributed by atoms with E-state index >= 15 is 0 Å². The first-order valence-electron chi connectivity index (χ1n) is 6.23. The van der Waals surface area contributed by atoms with Gasteiger partial charge in [-0.2, -0.15) is 0 Å². The van der Waals surface area contributed by atoms with Crippen LogP contribution in [0.15, 0.2) is 42.7 Å². The number of aromatic nitrogens is 1. The predicted molar refractivity (Wildman–Crippen MR) is 83.2 cm³/mol. The van der Waals surface area contributed by atoms with Crippen molar-refractivity contribution in [3.05, 3.63) is 53.4 Å². The zero-order valence-electron chi connectivity index (χ0n) is 11.2. The van der Waals surface area contributed by atoms with E-state index in [1.54, 1.807) is 37.6 Å². The maximum atomic E-state index is 13.3. The van der Waals surface area contributed by atoms with E-state index in [1.165, 1.54) is 28.4 Å². The van der Waals surface area contributed by atoms with Crippen molar-refractivity contribution in [3.8, 4) is 0 Å². The Morgan fingerprint density at radius 2 is 2.19 bits per heavy atom.